The zero-order valence-electron chi connectivity index (χ0n) is 16.8. The van der Waals surface area contributed by atoms with Crippen LogP contribution in [-0.4, -0.2) is 25.2 Å². The first kappa shape index (κ1) is 19.5. The minimum Gasteiger partial charge on any atom is -0.481 e. The second-order valence-electron chi connectivity index (χ2n) is 8.06. The molecule has 4 aromatic rings. The summed E-state index contributed by atoms with van der Waals surface area (Å²) < 4.78 is 32.7. The Kier molecular flexibility index (Phi) is 4.81. The van der Waals surface area contributed by atoms with Crippen LogP contribution < -0.4 is 0 Å². The van der Waals surface area contributed by atoms with Crippen molar-refractivity contribution in [3.63, 3.8) is 0 Å². The zero-order valence-corrected chi connectivity index (χ0v) is 16.8. The lowest BCUT2D eigenvalue weighted by atomic mass is 9.84. The lowest BCUT2D eigenvalue weighted by Gasteiger charge is -2.24. The molecular weight excluding hydrogens is 400 g/mol. The van der Waals surface area contributed by atoms with E-state index < -0.39 is 17.6 Å². The number of fused-ring (bicyclic) bond motifs is 3. The van der Waals surface area contributed by atoms with Crippen LogP contribution in [0.15, 0.2) is 55.1 Å². The summed E-state index contributed by atoms with van der Waals surface area (Å²) >= 11 is 0. The fourth-order valence-electron chi connectivity index (χ4n) is 4.82. The summed E-state index contributed by atoms with van der Waals surface area (Å²) in [6.07, 6.45) is 7.47. The molecule has 7 heteroatoms. The monoisotopic (exact) mass is 421 g/mol. The maximum Gasteiger partial charge on any atom is 0.304 e. The van der Waals surface area contributed by atoms with Gasteiger partial charge in [-0.1, -0.05) is 12.1 Å². The predicted molar refractivity (Wildman–Crippen MR) is 112 cm³/mol. The molecule has 1 aliphatic rings. The largest absolute Gasteiger partial charge is 0.481 e. The SMILES string of the molecule is O=C(O)CC1CCCc2c1n(Cc1ccc(-n3ccnc3)cc1)c1c(F)cc(F)cc21. The summed E-state index contributed by atoms with van der Waals surface area (Å²) in [5.74, 6) is -2.34. The predicted octanol–water partition coefficient (Wildman–Crippen LogP) is 5.05. The summed E-state index contributed by atoms with van der Waals surface area (Å²) in [6.45, 7) is 0.384. The number of carboxylic acid groups (broad SMARTS) is 1. The van der Waals surface area contributed by atoms with Gasteiger partial charge in [-0.3, -0.25) is 4.79 Å². The molecular formula is C24H21F2N3O2. The molecule has 2 heterocycles. The number of carbonyl (C=O) groups is 1. The molecule has 0 spiro atoms. The van der Waals surface area contributed by atoms with Gasteiger partial charge in [-0.15, -0.1) is 0 Å². The van der Waals surface area contributed by atoms with Crippen molar-refractivity contribution in [1.82, 2.24) is 14.1 Å². The van der Waals surface area contributed by atoms with Gasteiger partial charge in [0.2, 0.25) is 0 Å². The lowest BCUT2D eigenvalue weighted by molar-refractivity contribution is -0.137. The second kappa shape index (κ2) is 7.65. The Hall–Kier alpha value is -3.48. The Morgan fingerprint density at radius 2 is 2.00 bits per heavy atom. The molecule has 5 nitrogen and oxygen atoms in total. The Balaban J connectivity index is 1.62. The summed E-state index contributed by atoms with van der Waals surface area (Å²) in [5.41, 5.74) is 3.96. The quantitative estimate of drug-likeness (QED) is 0.491. The molecule has 0 aliphatic heterocycles. The van der Waals surface area contributed by atoms with E-state index in [0.717, 1.165) is 41.4 Å². The molecule has 2 aromatic carbocycles. The number of hydrogen-bond donors (Lipinski definition) is 1. The number of halogens is 2. The Morgan fingerprint density at radius 3 is 2.71 bits per heavy atom. The van der Waals surface area contributed by atoms with Crippen molar-refractivity contribution in [3.8, 4) is 5.69 Å². The van der Waals surface area contributed by atoms with E-state index in [1.807, 2.05) is 39.6 Å². The number of aryl methyl sites for hydroxylation is 1. The van der Waals surface area contributed by atoms with E-state index in [4.69, 9.17) is 0 Å². The molecule has 1 unspecified atom stereocenters. The van der Waals surface area contributed by atoms with Crippen molar-refractivity contribution in [3.05, 3.63) is 83.6 Å². The van der Waals surface area contributed by atoms with Gasteiger partial charge in [-0.2, -0.15) is 0 Å². The van der Waals surface area contributed by atoms with Crippen molar-refractivity contribution < 1.29 is 18.7 Å². The Bertz CT molecular complexity index is 1260. The molecule has 158 valence electrons. The van der Waals surface area contributed by atoms with E-state index in [0.29, 0.717) is 23.9 Å². The van der Waals surface area contributed by atoms with Gasteiger partial charge in [-0.25, -0.2) is 13.8 Å². The molecule has 0 saturated heterocycles. The summed E-state index contributed by atoms with van der Waals surface area (Å²) in [4.78, 5) is 15.5. The minimum atomic E-state index is -0.883. The Labute approximate surface area is 177 Å². The third-order valence-corrected chi connectivity index (χ3v) is 6.09. The van der Waals surface area contributed by atoms with Crippen LogP contribution in [0.1, 0.15) is 42.0 Å². The fraction of sp³-hybridized carbons (Fsp3) is 0.250. The molecule has 5 rings (SSSR count). The van der Waals surface area contributed by atoms with Crippen LogP contribution in [-0.2, 0) is 17.8 Å². The van der Waals surface area contributed by atoms with Crippen LogP contribution in [0.5, 0.6) is 0 Å². The molecule has 0 saturated carbocycles. The average molecular weight is 421 g/mol. The van der Waals surface area contributed by atoms with Crippen molar-refractivity contribution in [2.75, 3.05) is 0 Å². The highest BCUT2D eigenvalue weighted by Crippen LogP contribution is 2.41. The van der Waals surface area contributed by atoms with Gasteiger partial charge in [0.05, 0.1) is 18.3 Å². The molecule has 31 heavy (non-hydrogen) atoms. The molecule has 0 bridgehead atoms. The van der Waals surface area contributed by atoms with Crippen LogP contribution in [0.3, 0.4) is 0 Å². The smallest absolute Gasteiger partial charge is 0.304 e. The second-order valence-corrected chi connectivity index (χ2v) is 8.06. The molecule has 1 aliphatic carbocycles. The highest BCUT2D eigenvalue weighted by Gasteiger charge is 2.30. The maximum atomic E-state index is 14.9. The van der Waals surface area contributed by atoms with Gasteiger partial charge in [0.15, 0.2) is 0 Å². The van der Waals surface area contributed by atoms with E-state index in [1.165, 1.54) is 6.07 Å². The normalized spacial score (nSPS) is 15.9. The third kappa shape index (κ3) is 3.50. The van der Waals surface area contributed by atoms with E-state index >= 15 is 0 Å². The molecule has 1 N–H and O–H groups in total. The average Bonchev–Trinajstić information content (AvgIpc) is 3.36. The summed E-state index contributed by atoms with van der Waals surface area (Å²) in [7, 11) is 0. The first-order chi connectivity index (χ1) is 15.0. The Morgan fingerprint density at radius 1 is 1.19 bits per heavy atom. The van der Waals surface area contributed by atoms with Crippen LogP contribution in [0.4, 0.5) is 8.78 Å². The van der Waals surface area contributed by atoms with Crippen LogP contribution in [0, 0.1) is 11.6 Å². The first-order valence-corrected chi connectivity index (χ1v) is 10.3. The number of aliphatic carboxylic acids is 1. The number of aromatic nitrogens is 3. The highest BCUT2D eigenvalue weighted by molar-refractivity contribution is 5.87. The molecule has 0 fully saturated rings. The van der Waals surface area contributed by atoms with Crippen LogP contribution >= 0.6 is 0 Å². The summed E-state index contributed by atoms with van der Waals surface area (Å²) in [6, 6.07) is 10.1. The van der Waals surface area contributed by atoms with E-state index in [-0.39, 0.29) is 12.3 Å². The highest BCUT2D eigenvalue weighted by atomic mass is 19.1. The number of nitrogens with zero attached hydrogens (tertiary/aromatic N) is 3. The maximum absolute atomic E-state index is 14.9. The van der Waals surface area contributed by atoms with Crippen molar-refractivity contribution in [2.45, 2.75) is 38.1 Å². The third-order valence-electron chi connectivity index (χ3n) is 6.09. The van der Waals surface area contributed by atoms with Crippen molar-refractivity contribution in [1.29, 1.82) is 0 Å². The van der Waals surface area contributed by atoms with Crippen molar-refractivity contribution in [2.24, 2.45) is 0 Å². The lowest BCUT2D eigenvalue weighted by Crippen LogP contribution is -2.17. The first-order valence-electron chi connectivity index (χ1n) is 10.3. The fourth-order valence-corrected chi connectivity index (χ4v) is 4.82. The number of hydrogen-bond acceptors (Lipinski definition) is 2. The van der Waals surface area contributed by atoms with E-state index in [9.17, 15) is 18.7 Å². The number of carboxylic acids is 1. The molecule has 2 aromatic heterocycles. The van der Waals surface area contributed by atoms with Gasteiger partial charge in [0.25, 0.3) is 0 Å². The van der Waals surface area contributed by atoms with E-state index in [1.54, 1.807) is 12.5 Å². The van der Waals surface area contributed by atoms with E-state index in [2.05, 4.69) is 4.98 Å². The molecule has 0 radical (unpaired) electrons. The van der Waals surface area contributed by atoms with Gasteiger partial charge in [0.1, 0.15) is 11.6 Å². The summed E-state index contributed by atoms with van der Waals surface area (Å²) in [5, 5.41) is 9.97. The van der Waals surface area contributed by atoms with Gasteiger partial charge < -0.3 is 14.2 Å². The van der Waals surface area contributed by atoms with Crippen LogP contribution in [0.2, 0.25) is 0 Å². The molecule has 0 amide bonds. The number of benzene rings is 2. The number of imidazole rings is 1. The van der Waals surface area contributed by atoms with Gasteiger partial charge >= 0.3 is 5.97 Å². The standard InChI is InChI=1S/C24H21F2N3O2/c25-17-11-20-19-3-1-2-16(10-22(30)31)23(19)29(24(20)21(26)12-17)13-15-4-6-18(7-5-15)28-9-8-27-14-28/h4-9,11-12,14,16H,1-3,10,13H2,(H,30,31). The zero-order chi connectivity index (χ0) is 21.5. The number of rotatable bonds is 5. The van der Waals surface area contributed by atoms with Crippen molar-refractivity contribution >= 4 is 16.9 Å². The minimum absolute atomic E-state index is 0.0208. The molecule has 1 atom stereocenters. The topological polar surface area (TPSA) is 60.0 Å². The van der Waals surface area contributed by atoms with Crippen LogP contribution in [0.25, 0.3) is 16.6 Å². The van der Waals surface area contributed by atoms with Gasteiger partial charge in [0, 0.05) is 47.7 Å². The van der Waals surface area contributed by atoms with Gasteiger partial charge in [-0.05, 0) is 48.6 Å².